The molecule has 0 radical (unpaired) electrons. The number of carboxylic acid groups (broad SMARTS) is 1. The summed E-state index contributed by atoms with van der Waals surface area (Å²) in [7, 11) is 0. The first-order valence-corrected chi connectivity index (χ1v) is 7.00. The van der Waals surface area contributed by atoms with Crippen molar-refractivity contribution in [2.75, 3.05) is 19.8 Å². The number of carbonyl (C=O) groups is 2. The van der Waals surface area contributed by atoms with Gasteiger partial charge in [0.25, 0.3) is 5.91 Å². The second-order valence-corrected chi connectivity index (χ2v) is 5.04. The van der Waals surface area contributed by atoms with Crippen molar-refractivity contribution < 1.29 is 24.2 Å². The normalized spacial score (nSPS) is 14.4. The largest absolute Gasteiger partial charge is 0.486 e. The number of hydrogen-bond acceptors (Lipinski definition) is 4. The molecule has 0 fully saturated rings. The molecule has 1 unspecified atom stereocenters. The highest BCUT2D eigenvalue weighted by Gasteiger charge is 2.21. The molecule has 0 aromatic heterocycles. The molecular weight excluding hydrogens is 298 g/mol. The smallest absolute Gasteiger partial charge is 0.308 e. The lowest BCUT2D eigenvalue weighted by molar-refractivity contribution is -0.141. The molecule has 0 spiro atoms. The van der Waals surface area contributed by atoms with E-state index in [-0.39, 0.29) is 6.54 Å². The number of carboxylic acids is 1. The van der Waals surface area contributed by atoms with Crippen molar-refractivity contribution in [3.05, 3.63) is 22.7 Å². The average Bonchev–Trinajstić information content (AvgIpc) is 2.47. The quantitative estimate of drug-likeness (QED) is 0.868. The number of hydrogen-bond donors (Lipinski definition) is 2. The number of halogens is 1. The van der Waals surface area contributed by atoms with Crippen molar-refractivity contribution in [3.63, 3.8) is 0 Å². The maximum atomic E-state index is 12.1. The summed E-state index contributed by atoms with van der Waals surface area (Å²) in [6.45, 7) is 2.63. The molecule has 1 aliphatic heterocycles. The molecule has 1 aliphatic rings. The Morgan fingerprint density at radius 2 is 2.10 bits per heavy atom. The average molecular weight is 314 g/mol. The molecule has 114 valence electrons. The summed E-state index contributed by atoms with van der Waals surface area (Å²) in [5.41, 5.74) is 0.310. The van der Waals surface area contributed by atoms with Gasteiger partial charge in [-0.15, -0.1) is 0 Å². The van der Waals surface area contributed by atoms with E-state index in [4.69, 9.17) is 26.2 Å². The van der Waals surface area contributed by atoms with Gasteiger partial charge in [0, 0.05) is 12.1 Å². The van der Waals surface area contributed by atoms with E-state index in [0.717, 1.165) is 0 Å². The first-order valence-electron chi connectivity index (χ1n) is 6.63. The molecule has 2 N–H and O–H groups in total. The number of amides is 1. The van der Waals surface area contributed by atoms with Crippen molar-refractivity contribution in [1.29, 1.82) is 0 Å². The highest BCUT2D eigenvalue weighted by Crippen LogP contribution is 2.38. The van der Waals surface area contributed by atoms with Crippen LogP contribution >= 0.6 is 11.6 Å². The van der Waals surface area contributed by atoms with E-state index in [1.807, 2.05) is 0 Å². The highest BCUT2D eigenvalue weighted by molar-refractivity contribution is 6.32. The molecule has 0 saturated carbocycles. The SMILES string of the molecule is CCC(CNC(=O)c1cc(Cl)c2c(c1)OCCO2)C(=O)O. The highest BCUT2D eigenvalue weighted by atomic mass is 35.5. The van der Waals surface area contributed by atoms with Crippen LogP contribution in [0.2, 0.25) is 5.02 Å². The van der Waals surface area contributed by atoms with Gasteiger partial charge in [-0.25, -0.2) is 0 Å². The monoisotopic (exact) mass is 313 g/mol. The van der Waals surface area contributed by atoms with Crippen LogP contribution in [-0.4, -0.2) is 36.7 Å². The van der Waals surface area contributed by atoms with Gasteiger partial charge in [0.2, 0.25) is 0 Å². The van der Waals surface area contributed by atoms with Gasteiger partial charge >= 0.3 is 5.97 Å². The fraction of sp³-hybridized carbons (Fsp3) is 0.429. The summed E-state index contributed by atoms with van der Waals surface area (Å²) in [4.78, 5) is 23.0. The number of nitrogens with one attached hydrogen (secondary N) is 1. The van der Waals surface area contributed by atoms with Gasteiger partial charge < -0.3 is 19.9 Å². The molecule has 1 amide bonds. The number of ether oxygens (including phenoxy) is 2. The molecule has 1 aromatic carbocycles. The van der Waals surface area contributed by atoms with Crippen LogP contribution in [0.5, 0.6) is 11.5 Å². The molecule has 7 heteroatoms. The van der Waals surface area contributed by atoms with Gasteiger partial charge in [-0.3, -0.25) is 9.59 Å². The van der Waals surface area contributed by atoms with Crippen LogP contribution in [-0.2, 0) is 4.79 Å². The fourth-order valence-corrected chi connectivity index (χ4v) is 2.23. The molecule has 1 aromatic rings. The molecule has 0 bridgehead atoms. The summed E-state index contributed by atoms with van der Waals surface area (Å²) in [5, 5.41) is 11.8. The van der Waals surface area contributed by atoms with Crippen LogP contribution in [0.3, 0.4) is 0 Å². The van der Waals surface area contributed by atoms with Crippen LogP contribution in [0.15, 0.2) is 12.1 Å². The van der Waals surface area contributed by atoms with Gasteiger partial charge in [-0.05, 0) is 18.6 Å². The predicted molar refractivity (Wildman–Crippen MR) is 76.2 cm³/mol. The maximum Gasteiger partial charge on any atom is 0.308 e. The number of benzene rings is 1. The number of rotatable bonds is 5. The van der Waals surface area contributed by atoms with Crippen molar-refractivity contribution in [3.8, 4) is 11.5 Å². The van der Waals surface area contributed by atoms with Crippen LogP contribution in [0, 0.1) is 5.92 Å². The predicted octanol–water partition coefficient (Wildman–Crippen LogP) is 1.95. The van der Waals surface area contributed by atoms with Gasteiger partial charge in [0.15, 0.2) is 11.5 Å². The van der Waals surface area contributed by atoms with E-state index in [0.29, 0.717) is 41.7 Å². The van der Waals surface area contributed by atoms with E-state index in [1.165, 1.54) is 12.1 Å². The zero-order valence-electron chi connectivity index (χ0n) is 11.5. The molecule has 21 heavy (non-hydrogen) atoms. The van der Waals surface area contributed by atoms with Gasteiger partial charge in [-0.2, -0.15) is 0 Å². The Bertz CT molecular complexity index is 561. The minimum Gasteiger partial charge on any atom is -0.486 e. The number of aliphatic carboxylic acids is 1. The summed E-state index contributed by atoms with van der Waals surface area (Å²) in [6, 6.07) is 3.02. The lowest BCUT2D eigenvalue weighted by Crippen LogP contribution is -2.32. The van der Waals surface area contributed by atoms with E-state index in [2.05, 4.69) is 5.32 Å². The number of fused-ring (bicyclic) bond motifs is 1. The van der Waals surface area contributed by atoms with Crippen LogP contribution in [0.1, 0.15) is 23.7 Å². The first kappa shape index (κ1) is 15.4. The second kappa shape index (κ2) is 6.67. The van der Waals surface area contributed by atoms with Crippen molar-refractivity contribution >= 4 is 23.5 Å². The zero-order chi connectivity index (χ0) is 15.4. The fourth-order valence-electron chi connectivity index (χ4n) is 1.97. The minimum absolute atomic E-state index is 0.0662. The molecule has 1 atom stereocenters. The molecule has 0 aliphatic carbocycles. The van der Waals surface area contributed by atoms with E-state index >= 15 is 0 Å². The van der Waals surface area contributed by atoms with E-state index in [9.17, 15) is 9.59 Å². The second-order valence-electron chi connectivity index (χ2n) is 4.64. The lowest BCUT2D eigenvalue weighted by Gasteiger charge is -2.20. The Morgan fingerprint density at radius 1 is 1.38 bits per heavy atom. The van der Waals surface area contributed by atoms with Gasteiger partial charge in [0.05, 0.1) is 10.9 Å². The van der Waals surface area contributed by atoms with Crippen molar-refractivity contribution in [2.24, 2.45) is 5.92 Å². The third-order valence-corrected chi connectivity index (χ3v) is 3.49. The summed E-state index contributed by atoms with van der Waals surface area (Å²) < 4.78 is 10.8. The molecule has 0 saturated heterocycles. The van der Waals surface area contributed by atoms with Crippen LogP contribution < -0.4 is 14.8 Å². The van der Waals surface area contributed by atoms with Crippen LogP contribution in [0.25, 0.3) is 0 Å². The third-order valence-electron chi connectivity index (χ3n) is 3.21. The standard InChI is InChI=1S/C14H16ClNO5/c1-2-8(14(18)19)7-16-13(17)9-5-10(15)12-11(6-9)20-3-4-21-12/h5-6,8H,2-4,7H2,1H3,(H,16,17)(H,18,19). The van der Waals surface area contributed by atoms with E-state index < -0.39 is 17.8 Å². The maximum absolute atomic E-state index is 12.1. The molecule has 2 rings (SSSR count). The Kier molecular flexibility index (Phi) is 4.90. The summed E-state index contributed by atoms with van der Waals surface area (Å²) in [6.07, 6.45) is 0.442. The summed E-state index contributed by atoms with van der Waals surface area (Å²) in [5.74, 6) is -1.09. The third kappa shape index (κ3) is 3.58. The van der Waals surface area contributed by atoms with E-state index in [1.54, 1.807) is 6.92 Å². The van der Waals surface area contributed by atoms with Crippen LogP contribution in [0.4, 0.5) is 0 Å². The Hall–Kier alpha value is -1.95. The van der Waals surface area contributed by atoms with Gasteiger partial charge in [0.1, 0.15) is 13.2 Å². The molecule has 6 nitrogen and oxygen atoms in total. The van der Waals surface area contributed by atoms with Gasteiger partial charge in [-0.1, -0.05) is 18.5 Å². The first-order chi connectivity index (χ1) is 10.0. The lowest BCUT2D eigenvalue weighted by atomic mass is 10.1. The summed E-state index contributed by atoms with van der Waals surface area (Å²) >= 11 is 6.05. The minimum atomic E-state index is -0.932. The Labute approximate surface area is 127 Å². The van der Waals surface area contributed by atoms with Crippen molar-refractivity contribution in [1.82, 2.24) is 5.32 Å². The topological polar surface area (TPSA) is 84.9 Å². The Morgan fingerprint density at radius 3 is 2.76 bits per heavy atom. The Balaban J connectivity index is 2.09. The zero-order valence-corrected chi connectivity index (χ0v) is 12.3. The van der Waals surface area contributed by atoms with Crippen molar-refractivity contribution in [2.45, 2.75) is 13.3 Å². The molecular formula is C14H16ClNO5. The molecule has 1 heterocycles. The number of carbonyl (C=O) groups excluding carboxylic acids is 1.